The van der Waals surface area contributed by atoms with Crippen LogP contribution in [0.15, 0.2) is 52.2 Å². The summed E-state index contributed by atoms with van der Waals surface area (Å²) in [4.78, 5) is 22.0. The van der Waals surface area contributed by atoms with Crippen molar-refractivity contribution in [2.75, 3.05) is 26.2 Å². The van der Waals surface area contributed by atoms with E-state index in [1.807, 2.05) is 19.1 Å². The molecule has 1 fully saturated rings. The Morgan fingerprint density at radius 2 is 1.73 bits per heavy atom. The number of halogens is 2. The summed E-state index contributed by atoms with van der Waals surface area (Å²) in [6.45, 7) is 3.63. The van der Waals surface area contributed by atoms with E-state index in [0.29, 0.717) is 47.9 Å². The molecule has 0 bridgehead atoms. The van der Waals surface area contributed by atoms with Crippen LogP contribution in [0.5, 0.6) is 0 Å². The maximum Gasteiger partial charge on any atom is 0.258 e. The van der Waals surface area contributed by atoms with Crippen molar-refractivity contribution in [3.8, 4) is 0 Å². The molecule has 7 nitrogen and oxygen atoms in total. The Hall–Kier alpha value is -1.97. The number of hydrogen-bond donors (Lipinski definition) is 1. The zero-order valence-electron chi connectivity index (χ0n) is 16.2. The lowest BCUT2D eigenvalue weighted by atomic mass is 10.2. The van der Waals surface area contributed by atoms with Crippen LogP contribution in [0.1, 0.15) is 18.8 Å². The zero-order chi connectivity index (χ0) is 21.5. The Kier molecular flexibility index (Phi) is 5.87. The molecule has 2 heterocycles. The molecule has 1 atom stereocenters. The number of rotatable bonds is 4. The lowest BCUT2D eigenvalue weighted by molar-refractivity contribution is 0.141. The van der Waals surface area contributed by atoms with E-state index < -0.39 is 10.0 Å². The van der Waals surface area contributed by atoms with E-state index >= 15 is 0 Å². The number of benzene rings is 2. The largest absolute Gasteiger partial charge is 0.309 e. The molecule has 1 aromatic heterocycles. The summed E-state index contributed by atoms with van der Waals surface area (Å²) in [6, 6.07) is 11.4. The first-order chi connectivity index (χ1) is 14.3. The Labute approximate surface area is 184 Å². The molecule has 0 spiro atoms. The van der Waals surface area contributed by atoms with Crippen molar-refractivity contribution in [3.63, 3.8) is 0 Å². The van der Waals surface area contributed by atoms with Gasteiger partial charge in [-0.15, -0.1) is 0 Å². The molecule has 1 saturated heterocycles. The van der Waals surface area contributed by atoms with Crippen LogP contribution in [0.3, 0.4) is 0 Å². The Morgan fingerprint density at radius 3 is 2.43 bits per heavy atom. The van der Waals surface area contributed by atoms with Crippen LogP contribution in [0, 0.1) is 0 Å². The molecule has 0 amide bonds. The number of nitrogens with one attached hydrogen (secondary N) is 1. The molecule has 1 N–H and O–H groups in total. The van der Waals surface area contributed by atoms with Gasteiger partial charge in [0, 0.05) is 26.2 Å². The van der Waals surface area contributed by atoms with Crippen LogP contribution >= 0.6 is 23.2 Å². The van der Waals surface area contributed by atoms with Gasteiger partial charge in [0.25, 0.3) is 5.56 Å². The monoisotopic (exact) mass is 466 g/mol. The summed E-state index contributed by atoms with van der Waals surface area (Å²) in [5, 5.41) is 1.06. The van der Waals surface area contributed by atoms with Crippen molar-refractivity contribution >= 4 is 44.1 Å². The van der Waals surface area contributed by atoms with Crippen LogP contribution in [-0.4, -0.2) is 53.8 Å². The van der Waals surface area contributed by atoms with Crippen molar-refractivity contribution in [3.05, 3.63) is 68.7 Å². The first-order valence-electron chi connectivity index (χ1n) is 9.45. The fourth-order valence-corrected chi connectivity index (χ4v) is 5.40. The highest BCUT2D eigenvalue weighted by molar-refractivity contribution is 7.89. The molecule has 1 aliphatic heterocycles. The van der Waals surface area contributed by atoms with Gasteiger partial charge in [0.2, 0.25) is 10.0 Å². The quantitative estimate of drug-likeness (QED) is 0.637. The summed E-state index contributed by atoms with van der Waals surface area (Å²) in [6.07, 6.45) is 0. The fourth-order valence-electron chi connectivity index (χ4n) is 3.59. The molecule has 158 valence electrons. The maximum absolute atomic E-state index is 12.9. The van der Waals surface area contributed by atoms with Gasteiger partial charge in [0.1, 0.15) is 5.82 Å². The number of sulfonamides is 1. The van der Waals surface area contributed by atoms with Crippen molar-refractivity contribution in [2.45, 2.75) is 17.9 Å². The highest BCUT2D eigenvalue weighted by atomic mass is 35.5. The number of fused-ring (bicyclic) bond motifs is 1. The van der Waals surface area contributed by atoms with E-state index in [9.17, 15) is 13.2 Å². The van der Waals surface area contributed by atoms with Gasteiger partial charge in [-0.3, -0.25) is 9.69 Å². The van der Waals surface area contributed by atoms with Crippen molar-refractivity contribution in [2.24, 2.45) is 0 Å². The number of hydrogen-bond acceptors (Lipinski definition) is 5. The predicted molar refractivity (Wildman–Crippen MR) is 118 cm³/mol. The summed E-state index contributed by atoms with van der Waals surface area (Å²) < 4.78 is 27.3. The van der Waals surface area contributed by atoms with Gasteiger partial charge in [0.05, 0.1) is 31.9 Å². The molecular weight excluding hydrogens is 447 g/mol. The van der Waals surface area contributed by atoms with Crippen molar-refractivity contribution in [1.29, 1.82) is 0 Å². The Morgan fingerprint density at radius 1 is 1.03 bits per heavy atom. The third-order valence-electron chi connectivity index (χ3n) is 5.38. The van der Waals surface area contributed by atoms with Gasteiger partial charge >= 0.3 is 0 Å². The SMILES string of the molecule is CC(c1nc2ccccc2c(=O)[nH]1)N1CCN(S(=O)(=O)c2ccc(Cl)c(Cl)c2)CC1. The van der Waals surface area contributed by atoms with Gasteiger partial charge in [-0.25, -0.2) is 13.4 Å². The maximum atomic E-state index is 12.9. The third kappa shape index (κ3) is 3.98. The first-order valence-corrected chi connectivity index (χ1v) is 11.6. The molecule has 1 unspecified atom stereocenters. The van der Waals surface area contributed by atoms with Gasteiger partial charge < -0.3 is 4.98 Å². The number of para-hydroxylation sites is 1. The minimum atomic E-state index is -3.66. The summed E-state index contributed by atoms with van der Waals surface area (Å²) >= 11 is 11.9. The molecule has 4 rings (SSSR count). The molecule has 0 radical (unpaired) electrons. The molecule has 0 saturated carbocycles. The second kappa shape index (κ2) is 8.28. The van der Waals surface area contributed by atoms with Gasteiger partial charge in [-0.1, -0.05) is 35.3 Å². The van der Waals surface area contributed by atoms with Crippen LogP contribution in [-0.2, 0) is 10.0 Å². The highest BCUT2D eigenvalue weighted by Gasteiger charge is 2.31. The number of aromatic nitrogens is 2. The third-order valence-corrected chi connectivity index (χ3v) is 8.01. The van der Waals surface area contributed by atoms with Gasteiger partial charge in [0.15, 0.2) is 0 Å². The van der Waals surface area contributed by atoms with Crippen LogP contribution in [0.25, 0.3) is 10.9 Å². The summed E-state index contributed by atoms with van der Waals surface area (Å²) in [7, 11) is -3.66. The highest BCUT2D eigenvalue weighted by Crippen LogP contribution is 2.28. The molecule has 30 heavy (non-hydrogen) atoms. The normalized spacial score (nSPS) is 17.3. The second-order valence-electron chi connectivity index (χ2n) is 7.16. The van der Waals surface area contributed by atoms with E-state index in [-0.39, 0.29) is 21.5 Å². The Bertz CT molecular complexity index is 1250. The summed E-state index contributed by atoms with van der Waals surface area (Å²) in [5.41, 5.74) is 0.465. The van der Waals surface area contributed by atoms with Gasteiger partial charge in [-0.05, 0) is 37.3 Å². The zero-order valence-corrected chi connectivity index (χ0v) is 18.5. The molecule has 0 aliphatic carbocycles. The van der Waals surface area contributed by atoms with E-state index in [1.54, 1.807) is 12.1 Å². The van der Waals surface area contributed by atoms with Crippen LogP contribution in [0.2, 0.25) is 10.0 Å². The average molecular weight is 467 g/mol. The molecule has 2 aromatic carbocycles. The average Bonchev–Trinajstić information content (AvgIpc) is 2.75. The summed E-state index contributed by atoms with van der Waals surface area (Å²) in [5.74, 6) is 0.569. The topological polar surface area (TPSA) is 86.4 Å². The van der Waals surface area contributed by atoms with Crippen LogP contribution < -0.4 is 5.56 Å². The minimum Gasteiger partial charge on any atom is -0.309 e. The fraction of sp³-hybridized carbons (Fsp3) is 0.300. The smallest absolute Gasteiger partial charge is 0.258 e. The number of H-pyrrole nitrogens is 1. The predicted octanol–water partition coefficient (Wildman–Crippen LogP) is 3.30. The van der Waals surface area contributed by atoms with Gasteiger partial charge in [-0.2, -0.15) is 4.31 Å². The minimum absolute atomic E-state index is 0.124. The lowest BCUT2D eigenvalue weighted by Gasteiger charge is -2.37. The molecule has 1 aliphatic rings. The van der Waals surface area contributed by atoms with Crippen LogP contribution in [0.4, 0.5) is 0 Å². The second-order valence-corrected chi connectivity index (χ2v) is 9.91. The van der Waals surface area contributed by atoms with E-state index in [1.165, 1.54) is 22.5 Å². The number of piperazine rings is 1. The van der Waals surface area contributed by atoms with Crippen molar-refractivity contribution in [1.82, 2.24) is 19.2 Å². The number of nitrogens with zero attached hydrogens (tertiary/aromatic N) is 3. The van der Waals surface area contributed by atoms with Crippen molar-refractivity contribution < 1.29 is 8.42 Å². The van der Waals surface area contributed by atoms with E-state index in [0.717, 1.165) is 0 Å². The van der Waals surface area contributed by atoms with E-state index in [4.69, 9.17) is 23.2 Å². The molecule has 10 heteroatoms. The molecule has 3 aromatic rings. The van der Waals surface area contributed by atoms with E-state index in [2.05, 4.69) is 14.9 Å². The Balaban J connectivity index is 1.50. The first kappa shape index (κ1) is 21.3. The standard InChI is InChI=1S/C20H20Cl2N4O3S/c1-13(19-23-18-5-3-2-4-15(18)20(27)24-19)25-8-10-26(11-9-25)30(28,29)14-6-7-16(21)17(22)12-14/h2-7,12-13H,8-11H2,1H3,(H,23,24,27). The lowest BCUT2D eigenvalue weighted by Crippen LogP contribution is -2.49. The molecular formula is C20H20Cl2N4O3S. The number of aromatic amines is 1.